The van der Waals surface area contributed by atoms with E-state index in [0.717, 1.165) is 31.6 Å². The lowest BCUT2D eigenvalue weighted by Crippen LogP contribution is -2.36. The zero-order valence-corrected chi connectivity index (χ0v) is 13.7. The van der Waals surface area contributed by atoms with Crippen LogP contribution in [-0.2, 0) is 4.74 Å². The first-order valence-electron chi connectivity index (χ1n) is 7.88. The molecule has 0 radical (unpaired) electrons. The normalized spacial score (nSPS) is 17.4. The second-order valence-corrected chi connectivity index (χ2v) is 5.89. The standard InChI is InChI=1S/C17H19N5O2/c1-11-14(17(23)24-2)8-13(9-18)16(20-11)22-7-3-4-12(10-22)15-5-6-19-21-15/h5-6,8,12H,3-4,7,10H2,1-2H3,(H,19,21). The van der Waals surface area contributed by atoms with E-state index in [2.05, 4.69) is 26.2 Å². The van der Waals surface area contributed by atoms with Gasteiger partial charge >= 0.3 is 5.97 Å². The molecule has 0 aliphatic carbocycles. The number of nitrogens with one attached hydrogen (secondary N) is 1. The lowest BCUT2D eigenvalue weighted by atomic mass is 9.94. The Balaban J connectivity index is 1.92. The third-order valence-corrected chi connectivity index (χ3v) is 4.40. The van der Waals surface area contributed by atoms with Crippen LogP contribution in [0.1, 0.15) is 46.1 Å². The van der Waals surface area contributed by atoms with Crippen molar-refractivity contribution in [2.75, 3.05) is 25.1 Å². The third-order valence-electron chi connectivity index (χ3n) is 4.40. The predicted molar refractivity (Wildman–Crippen MR) is 87.8 cm³/mol. The van der Waals surface area contributed by atoms with Crippen LogP contribution in [0.2, 0.25) is 0 Å². The molecule has 1 fully saturated rings. The molecule has 24 heavy (non-hydrogen) atoms. The van der Waals surface area contributed by atoms with Gasteiger partial charge in [-0.25, -0.2) is 9.78 Å². The van der Waals surface area contributed by atoms with Crippen molar-refractivity contribution in [3.63, 3.8) is 0 Å². The number of pyridine rings is 1. The number of carbonyl (C=O) groups is 1. The molecule has 7 heteroatoms. The summed E-state index contributed by atoms with van der Waals surface area (Å²) >= 11 is 0. The molecule has 0 bridgehead atoms. The van der Waals surface area contributed by atoms with Gasteiger partial charge in [-0.2, -0.15) is 10.4 Å². The minimum Gasteiger partial charge on any atom is -0.465 e. The summed E-state index contributed by atoms with van der Waals surface area (Å²) in [6, 6.07) is 5.71. The van der Waals surface area contributed by atoms with Gasteiger partial charge in [0, 0.05) is 30.9 Å². The average molecular weight is 325 g/mol. The van der Waals surface area contributed by atoms with E-state index in [9.17, 15) is 10.1 Å². The van der Waals surface area contributed by atoms with Gasteiger partial charge in [-0.3, -0.25) is 5.10 Å². The number of aromatic nitrogens is 3. The second-order valence-electron chi connectivity index (χ2n) is 5.89. The number of esters is 1. The summed E-state index contributed by atoms with van der Waals surface area (Å²) in [6.45, 7) is 3.36. The van der Waals surface area contributed by atoms with Gasteiger partial charge in [-0.1, -0.05) is 0 Å². The summed E-state index contributed by atoms with van der Waals surface area (Å²) in [7, 11) is 1.32. The number of rotatable bonds is 3. The summed E-state index contributed by atoms with van der Waals surface area (Å²) in [6.07, 6.45) is 3.83. The Morgan fingerprint density at radius 3 is 3.04 bits per heavy atom. The van der Waals surface area contributed by atoms with E-state index < -0.39 is 5.97 Å². The Morgan fingerprint density at radius 2 is 2.38 bits per heavy atom. The van der Waals surface area contributed by atoms with E-state index in [0.29, 0.717) is 28.6 Å². The summed E-state index contributed by atoms with van der Waals surface area (Å²) in [5.41, 5.74) is 2.40. The maximum Gasteiger partial charge on any atom is 0.339 e. The molecule has 1 saturated heterocycles. The molecule has 3 heterocycles. The van der Waals surface area contributed by atoms with E-state index in [1.54, 1.807) is 19.2 Å². The highest BCUT2D eigenvalue weighted by molar-refractivity contribution is 5.91. The lowest BCUT2D eigenvalue weighted by Gasteiger charge is -2.33. The quantitative estimate of drug-likeness (QED) is 0.869. The van der Waals surface area contributed by atoms with Crippen LogP contribution in [0.15, 0.2) is 18.3 Å². The van der Waals surface area contributed by atoms with E-state index >= 15 is 0 Å². The lowest BCUT2D eigenvalue weighted by molar-refractivity contribution is 0.0599. The first-order chi connectivity index (χ1) is 11.6. The molecule has 1 atom stereocenters. The molecule has 1 aliphatic rings. The van der Waals surface area contributed by atoms with Gasteiger partial charge in [0.25, 0.3) is 0 Å². The predicted octanol–water partition coefficient (Wildman–Crippen LogP) is 2.16. The molecule has 124 valence electrons. The molecular weight excluding hydrogens is 306 g/mol. The van der Waals surface area contributed by atoms with Crippen LogP contribution in [0.3, 0.4) is 0 Å². The molecule has 0 saturated carbocycles. The molecular formula is C17H19N5O2. The van der Waals surface area contributed by atoms with Crippen molar-refractivity contribution in [3.05, 3.63) is 40.8 Å². The SMILES string of the molecule is COC(=O)c1cc(C#N)c(N2CCCC(c3ccn[nH]3)C2)nc1C. The number of nitriles is 1. The van der Waals surface area contributed by atoms with Crippen molar-refractivity contribution >= 4 is 11.8 Å². The van der Waals surface area contributed by atoms with Crippen molar-refractivity contribution in [3.8, 4) is 6.07 Å². The van der Waals surface area contributed by atoms with Gasteiger partial charge in [0.15, 0.2) is 0 Å². The fourth-order valence-electron chi connectivity index (χ4n) is 3.15. The molecule has 0 aromatic carbocycles. The first kappa shape index (κ1) is 16.0. The Bertz CT molecular complexity index is 779. The number of aryl methyl sites for hydroxylation is 1. The fourth-order valence-corrected chi connectivity index (χ4v) is 3.15. The number of anilines is 1. The number of carbonyl (C=O) groups excluding carboxylic acids is 1. The molecule has 0 amide bonds. The Labute approximate surface area is 140 Å². The van der Waals surface area contributed by atoms with Crippen molar-refractivity contribution in [1.82, 2.24) is 15.2 Å². The fraction of sp³-hybridized carbons (Fsp3) is 0.412. The number of H-pyrrole nitrogens is 1. The van der Waals surface area contributed by atoms with Crippen LogP contribution >= 0.6 is 0 Å². The second kappa shape index (κ2) is 6.71. The molecule has 2 aromatic rings. The van der Waals surface area contributed by atoms with Crippen LogP contribution in [0, 0.1) is 18.3 Å². The van der Waals surface area contributed by atoms with Gasteiger partial charge in [-0.05, 0) is 31.9 Å². The van der Waals surface area contributed by atoms with E-state index in [1.165, 1.54) is 7.11 Å². The number of hydrogen-bond donors (Lipinski definition) is 1. The van der Waals surface area contributed by atoms with Gasteiger partial charge in [0.05, 0.1) is 23.9 Å². The number of ether oxygens (including phenoxy) is 1. The highest BCUT2D eigenvalue weighted by Gasteiger charge is 2.26. The van der Waals surface area contributed by atoms with E-state index in [1.807, 2.05) is 6.07 Å². The Hall–Kier alpha value is -2.88. The van der Waals surface area contributed by atoms with Gasteiger partial charge in [-0.15, -0.1) is 0 Å². The summed E-state index contributed by atoms with van der Waals surface area (Å²) in [5, 5.41) is 16.5. The zero-order chi connectivity index (χ0) is 17.1. The molecule has 7 nitrogen and oxygen atoms in total. The summed E-state index contributed by atoms with van der Waals surface area (Å²) in [4.78, 5) is 18.4. The van der Waals surface area contributed by atoms with Crippen LogP contribution in [-0.4, -0.2) is 41.3 Å². The maximum absolute atomic E-state index is 11.8. The van der Waals surface area contributed by atoms with Crippen molar-refractivity contribution in [2.45, 2.75) is 25.7 Å². The molecule has 1 N–H and O–H groups in total. The molecule has 1 aliphatic heterocycles. The number of methoxy groups -OCH3 is 1. The van der Waals surface area contributed by atoms with Crippen molar-refractivity contribution in [1.29, 1.82) is 5.26 Å². The third kappa shape index (κ3) is 2.95. The summed E-state index contributed by atoms with van der Waals surface area (Å²) in [5.74, 6) is 0.485. The number of nitrogens with zero attached hydrogens (tertiary/aromatic N) is 4. The van der Waals surface area contributed by atoms with E-state index in [-0.39, 0.29) is 0 Å². The average Bonchev–Trinajstić information content (AvgIpc) is 3.15. The summed E-state index contributed by atoms with van der Waals surface area (Å²) < 4.78 is 4.75. The molecule has 2 aromatic heterocycles. The number of piperidine rings is 1. The largest absolute Gasteiger partial charge is 0.465 e. The minimum absolute atomic E-state index is 0.329. The van der Waals surface area contributed by atoms with Gasteiger partial charge < -0.3 is 9.64 Å². The highest BCUT2D eigenvalue weighted by atomic mass is 16.5. The molecule has 0 spiro atoms. The van der Waals surface area contributed by atoms with Crippen LogP contribution in [0.4, 0.5) is 5.82 Å². The van der Waals surface area contributed by atoms with E-state index in [4.69, 9.17) is 4.74 Å². The number of aromatic amines is 1. The van der Waals surface area contributed by atoms with Crippen LogP contribution in [0.5, 0.6) is 0 Å². The zero-order valence-electron chi connectivity index (χ0n) is 13.7. The van der Waals surface area contributed by atoms with Crippen LogP contribution < -0.4 is 4.90 Å². The smallest absolute Gasteiger partial charge is 0.339 e. The monoisotopic (exact) mass is 325 g/mol. The maximum atomic E-state index is 11.8. The van der Waals surface area contributed by atoms with Gasteiger partial charge in [0.1, 0.15) is 11.9 Å². The topological polar surface area (TPSA) is 94.9 Å². The van der Waals surface area contributed by atoms with Gasteiger partial charge in [0.2, 0.25) is 0 Å². The van der Waals surface area contributed by atoms with Crippen molar-refractivity contribution < 1.29 is 9.53 Å². The Kier molecular flexibility index (Phi) is 4.47. The molecule has 1 unspecified atom stereocenters. The van der Waals surface area contributed by atoms with Crippen LogP contribution in [0.25, 0.3) is 0 Å². The molecule has 3 rings (SSSR count). The number of hydrogen-bond acceptors (Lipinski definition) is 6. The van der Waals surface area contributed by atoms with Crippen molar-refractivity contribution in [2.24, 2.45) is 0 Å². The Morgan fingerprint density at radius 1 is 1.54 bits per heavy atom. The first-order valence-corrected chi connectivity index (χ1v) is 7.88. The minimum atomic E-state index is -0.475. The highest BCUT2D eigenvalue weighted by Crippen LogP contribution is 2.30.